The molecule has 0 unspecified atom stereocenters. The van der Waals surface area contributed by atoms with E-state index in [-0.39, 0.29) is 34.9 Å². The average Bonchev–Trinajstić information content (AvgIpc) is 3.33. The number of benzene rings is 2. The highest BCUT2D eigenvalue weighted by molar-refractivity contribution is 5.95. The van der Waals surface area contributed by atoms with Gasteiger partial charge in [-0.1, -0.05) is 38.1 Å². The van der Waals surface area contributed by atoms with Gasteiger partial charge in [-0.15, -0.1) is 0 Å². The molecular weight excluding hydrogens is 469 g/mol. The monoisotopic (exact) mass is 501 g/mol. The molecule has 1 amide bonds. The van der Waals surface area contributed by atoms with Crippen molar-refractivity contribution in [2.75, 3.05) is 0 Å². The Balaban J connectivity index is 1.21. The van der Waals surface area contributed by atoms with Gasteiger partial charge in [-0.3, -0.25) is 14.3 Å². The molecule has 2 N–H and O–H groups in total. The molecule has 0 aliphatic heterocycles. The zero-order chi connectivity index (χ0) is 26.3. The number of H-pyrrole nitrogens is 1. The first kappa shape index (κ1) is 24.9. The minimum absolute atomic E-state index is 0.0389. The Morgan fingerprint density at radius 2 is 1.92 bits per heavy atom. The van der Waals surface area contributed by atoms with E-state index in [1.807, 2.05) is 44.3 Å². The number of rotatable bonds is 7. The van der Waals surface area contributed by atoms with Crippen molar-refractivity contribution in [2.45, 2.75) is 65.0 Å². The Morgan fingerprint density at radius 3 is 2.59 bits per heavy atom. The number of aromatic amines is 1. The minimum Gasteiger partial charge on any atom is -0.349 e. The van der Waals surface area contributed by atoms with Crippen LogP contribution in [0.4, 0.5) is 4.39 Å². The van der Waals surface area contributed by atoms with Crippen molar-refractivity contribution in [2.24, 2.45) is 5.41 Å². The SMILES string of the molecule is CC(C)n1cc(-c2ccc(C(=O)NC3CC(C)(C[C@H](C)c4n[nH]c(=O)c5ccccc45)C3)cc2F)cn1. The normalized spacial score (nSPS) is 20.1. The third-order valence-electron chi connectivity index (χ3n) is 7.48. The van der Waals surface area contributed by atoms with Gasteiger partial charge in [-0.05, 0) is 56.7 Å². The van der Waals surface area contributed by atoms with Crippen LogP contribution in [-0.4, -0.2) is 31.9 Å². The van der Waals surface area contributed by atoms with Crippen LogP contribution in [0.2, 0.25) is 0 Å². The number of amides is 1. The fourth-order valence-corrected chi connectivity index (χ4v) is 5.66. The first-order valence-corrected chi connectivity index (χ1v) is 12.8. The summed E-state index contributed by atoms with van der Waals surface area (Å²) in [4.78, 5) is 25.0. The summed E-state index contributed by atoms with van der Waals surface area (Å²) in [6, 6.07) is 12.4. The van der Waals surface area contributed by atoms with Crippen molar-refractivity contribution < 1.29 is 9.18 Å². The van der Waals surface area contributed by atoms with E-state index in [2.05, 4.69) is 34.5 Å². The number of carbonyl (C=O) groups is 1. The van der Waals surface area contributed by atoms with Gasteiger partial charge in [0.2, 0.25) is 0 Å². The van der Waals surface area contributed by atoms with E-state index in [9.17, 15) is 14.0 Å². The third kappa shape index (κ3) is 4.92. The van der Waals surface area contributed by atoms with E-state index in [1.54, 1.807) is 23.0 Å². The molecule has 0 saturated heterocycles. The number of aromatic nitrogens is 4. The summed E-state index contributed by atoms with van der Waals surface area (Å²) in [5.74, 6) is -0.564. The number of fused-ring (bicyclic) bond motifs is 1. The Labute approximate surface area is 215 Å². The smallest absolute Gasteiger partial charge is 0.272 e. The number of halogens is 1. The Morgan fingerprint density at radius 1 is 1.19 bits per heavy atom. The van der Waals surface area contributed by atoms with Crippen LogP contribution in [-0.2, 0) is 0 Å². The lowest BCUT2D eigenvalue weighted by atomic mass is 9.62. The largest absolute Gasteiger partial charge is 0.349 e. The fraction of sp³-hybridized carbons (Fsp3) is 0.379. The summed E-state index contributed by atoms with van der Waals surface area (Å²) in [5, 5.41) is 15.8. The lowest BCUT2D eigenvalue weighted by Gasteiger charge is -2.47. The molecular formula is C29H32FN5O2. The molecule has 0 radical (unpaired) electrons. The summed E-state index contributed by atoms with van der Waals surface area (Å²) in [5.41, 5.74) is 2.17. The van der Waals surface area contributed by atoms with Gasteiger partial charge in [0.25, 0.3) is 11.5 Å². The molecule has 1 fully saturated rings. The van der Waals surface area contributed by atoms with Gasteiger partial charge in [-0.2, -0.15) is 10.2 Å². The van der Waals surface area contributed by atoms with Crippen LogP contribution in [0.3, 0.4) is 0 Å². The van der Waals surface area contributed by atoms with Crippen molar-refractivity contribution in [3.05, 3.63) is 82.3 Å². The molecule has 0 bridgehead atoms. The molecule has 192 valence electrons. The van der Waals surface area contributed by atoms with E-state index in [0.29, 0.717) is 22.1 Å². The zero-order valence-corrected chi connectivity index (χ0v) is 21.6. The van der Waals surface area contributed by atoms with Crippen molar-refractivity contribution in [3.8, 4) is 11.1 Å². The number of hydrogen-bond donors (Lipinski definition) is 2. The van der Waals surface area contributed by atoms with Crippen molar-refractivity contribution in [1.29, 1.82) is 0 Å². The van der Waals surface area contributed by atoms with E-state index in [4.69, 9.17) is 0 Å². The fourth-order valence-electron chi connectivity index (χ4n) is 5.66. The van der Waals surface area contributed by atoms with E-state index < -0.39 is 5.82 Å². The predicted octanol–water partition coefficient (Wildman–Crippen LogP) is 5.60. The molecule has 1 atom stereocenters. The summed E-state index contributed by atoms with van der Waals surface area (Å²) >= 11 is 0. The highest BCUT2D eigenvalue weighted by Crippen LogP contribution is 2.47. The number of carbonyl (C=O) groups excluding carboxylic acids is 1. The molecule has 2 aromatic heterocycles. The maximum absolute atomic E-state index is 14.9. The molecule has 0 spiro atoms. The first-order valence-electron chi connectivity index (χ1n) is 12.8. The second-order valence-corrected chi connectivity index (χ2v) is 11.0. The first-order chi connectivity index (χ1) is 17.6. The summed E-state index contributed by atoms with van der Waals surface area (Å²) in [6.45, 7) is 8.36. The van der Waals surface area contributed by atoms with Crippen LogP contribution in [0.5, 0.6) is 0 Å². The second-order valence-electron chi connectivity index (χ2n) is 11.0. The van der Waals surface area contributed by atoms with Gasteiger partial charge in [0.15, 0.2) is 0 Å². The maximum Gasteiger partial charge on any atom is 0.272 e. The molecule has 2 heterocycles. The summed E-state index contributed by atoms with van der Waals surface area (Å²) in [7, 11) is 0. The van der Waals surface area contributed by atoms with E-state index in [0.717, 1.165) is 30.3 Å². The van der Waals surface area contributed by atoms with Crippen LogP contribution in [0.25, 0.3) is 21.9 Å². The van der Waals surface area contributed by atoms with Gasteiger partial charge >= 0.3 is 0 Å². The molecule has 8 heteroatoms. The summed E-state index contributed by atoms with van der Waals surface area (Å²) < 4.78 is 16.6. The van der Waals surface area contributed by atoms with Gasteiger partial charge in [0.1, 0.15) is 5.82 Å². The molecule has 37 heavy (non-hydrogen) atoms. The molecule has 4 aromatic rings. The lowest BCUT2D eigenvalue weighted by molar-refractivity contribution is 0.0677. The van der Waals surface area contributed by atoms with E-state index >= 15 is 0 Å². The second kappa shape index (κ2) is 9.57. The topological polar surface area (TPSA) is 92.7 Å². The summed E-state index contributed by atoms with van der Waals surface area (Å²) in [6.07, 6.45) is 6.00. The molecule has 5 rings (SSSR count). The van der Waals surface area contributed by atoms with Crippen LogP contribution < -0.4 is 10.9 Å². The predicted molar refractivity (Wildman–Crippen MR) is 142 cm³/mol. The number of nitrogens with one attached hydrogen (secondary N) is 2. The minimum atomic E-state index is -0.441. The van der Waals surface area contributed by atoms with Crippen LogP contribution >= 0.6 is 0 Å². The van der Waals surface area contributed by atoms with Crippen molar-refractivity contribution in [1.82, 2.24) is 25.3 Å². The Bertz CT molecular complexity index is 1520. The van der Waals surface area contributed by atoms with Crippen LogP contribution in [0.15, 0.2) is 59.7 Å². The van der Waals surface area contributed by atoms with Gasteiger partial charge in [0, 0.05) is 46.3 Å². The average molecular weight is 502 g/mol. The Hall–Kier alpha value is -3.81. The number of hydrogen-bond acceptors (Lipinski definition) is 4. The lowest BCUT2D eigenvalue weighted by Crippen LogP contribution is -2.50. The quantitative estimate of drug-likeness (QED) is 0.345. The third-order valence-corrected chi connectivity index (χ3v) is 7.48. The maximum atomic E-state index is 14.9. The highest BCUT2D eigenvalue weighted by Gasteiger charge is 2.42. The molecule has 1 aliphatic rings. The van der Waals surface area contributed by atoms with E-state index in [1.165, 1.54) is 6.07 Å². The standard InChI is InChI=1S/C29H32FN5O2/c1-17(2)35-16-20(15-31-35)22-10-9-19(11-25(22)30)27(36)32-21-13-29(4,14-21)12-18(3)26-23-7-5-6-8-24(23)28(37)34-33-26/h5-11,15-18,21H,12-14H2,1-4H3,(H,32,36)(H,34,37)/t18-,21?,29?/m0/s1. The van der Waals surface area contributed by atoms with Gasteiger partial charge in [0.05, 0.1) is 17.3 Å². The zero-order valence-electron chi connectivity index (χ0n) is 21.6. The van der Waals surface area contributed by atoms with Crippen molar-refractivity contribution in [3.63, 3.8) is 0 Å². The Kier molecular flexibility index (Phi) is 6.43. The highest BCUT2D eigenvalue weighted by atomic mass is 19.1. The molecule has 2 aromatic carbocycles. The molecule has 1 aliphatic carbocycles. The van der Waals surface area contributed by atoms with Gasteiger partial charge in [-0.25, -0.2) is 9.49 Å². The molecule has 7 nitrogen and oxygen atoms in total. The van der Waals surface area contributed by atoms with Crippen LogP contribution in [0, 0.1) is 11.2 Å². The molecule has 1 saturated carbocycles. The van der Waals surface area contributed by atoms with Crippen molar-refractivity contribution >= 4 is 16.7 Å². The number of nitrogens with zero attached hydrogens (tertiary/aromatic N) is 3. The van der Waals surface area contributed by atoms with Crippen LogP contribution in [0.1, 0.15) is 75.0 Å². The van der Waals surface area contributed by atoms with Gasteiger partial charge < -0.3 is 5.32 Å².